The minimum atomic E-state index is -0.296. The van der Waals surface area contributed by atoms with Crippen LogP contribution >= 0.6 is 27.5 Å². The van der Waals surface area contributed by atoms with E-state index in [0.717, 1.165) is 41.7 Å². The van der Waals surface area contributed by atoms with E-state index >= 15 is 0 Å². The number of halogens is 2. The number of benzene rings is 1. The van der Waals surface area contributed by atoms with Crippen molar-refractivity contribution in [2.45, 2.75) is 25.3 Å². The SMILES string of the molecule is O=C(NC1CCOc2ccc(Br)cc21)c1nc(N2CCCC2)ncc1Cl. The second-order valence-electron chi connectivity index (χ2n) is 6.41. The highest BCUT2D eigenvalue weighted by Crippen LogP contribution is 2.34. The molecule has 1 fully saturated rings. The average molecular weight is 438 g/mol. The molecule has 1 N–H and O–H groups in total. The summed E-state index contributed by atoms with van der Waals surface area (Å²) < 4.78 is 6.62. The van der Waals surface area contributed by atoms with Crippen LogP contribution in [-0.4, -0.2) is 35.6 Å². The van der Waals surface area contributed by atoms with Crippen molar-refractivity contribution >= 4 is 39.4 Å². The molecule has 0 radical (unpaired) electrons. The minimum Gasteiger partial charge on any atom is -0.493 e. The van der Waals surface area contributed by atoms with Gasteiger partial charge in [-0.1, -0.05) is 27.5 Å². The molecule has 6 nitrogen and oxygen atoms in total. The fourth-order valence-corrected chi connectivity index (χ4v) is 3.88. The Morgan fingerprint density at radius 3 is 2.96 bits per heavy atom. The van der Waals surface area contributed by atoms with Gasteiger partial charge in [0.1, 0.15) is 5.75 Å². The van der Waals surface area contributed by atoms with Gasteiger partial charge in [0.05, 0.1) is 23.9 Å². The highest BCUT2D eigenvalue weighted by Gasteiger charge is 2.26. The molecule has 2 aliphatic rings. The van der Waals surface area contributed by atoms with Gasteiger partial charge in [-0.2, -0.15) is 0 Å². The standard InChI is InChI=1S/C18H18BrClN4O2/c19-11-3-4-15-12(9-11)14(5-8-26-15)22-17(25)16-13(20)10-21-18(23-16)24-6-1-2-7-24/h3-4,9-10,14H,1-2,5-8H2,(H,22,25). The number of carbonyl (C=O) groups excluding carboxylic acids is 1. The number of anilines is 1. The van der Waals surface area contributed by atoms with E-state index in [4.69, 9.17) is 16.3 Å². The smallest absolute Gasteiger partial charge is 0.272 e. The molecule has 2 aromatic rings. The van der Waals surface area contributed by atoms with Crippen molar-refractivity contribution in [3.8, 4) is 5.75 Å². The molecule has 0 saturated carbocycles. The number of amides is 1. The van der Waals surface area contributed by atoms with Crippen LogP contribution in [0.2, 0.25) is 5.02 Å². The Morgan fingerprint density at radius 1 is 1.35 bits per heavy atom. The van der Waals surface area contributed by atoms with Crippen LogP contribution in [0.15, 0.2) is 28.9 Å². The first-order chi connectivity index (χ1) is 12.6. The van der Waals surface area contributed by atoms with Crippen LogP contribution in [-0.2, 0) is 0 Å². The van der Waals surface area contributed by atoms with Crippen LogP contribution in [0.3, 0.4) is 0 Å². The third-order valence-electron chi connectivity index (χ3n) is 4.65. The lowest BCUT2D eigenvalue weighted by Gasteiger charge is -2.27. The topological polar surface area (TPSA) is 67.3 Å². The zero-order valence-electron chi connectivity index (χ0n) is 14.0. The molecule has 1 atom stereocenters. The third kappa shape index (κ3) is 3.50. The Kier molecular flexibility index (Phi) is 5.00. The van der Waals surface area contributed by atoms with Crippen molar-refractivity contribution in [1.29, 1.82) is 0 Å². The Bertz CT molecular complexity index is 842. The normalized spacial score (nSPS) is 19.0. The molecule has 1 aromatic heterocycles. The van der Waals surface area contributed by atoms with Crippen LogP contribution in [0.1, 0.15) is 41.4 Å². The summed E-state index contributed by atoms with van der Waals surface area (Å²) in [6.07, 6.45) is 4.42. The highest BCUT2D eigenvalue weighted by atomic mass is 79.9. The lowest BCUT2D eigenvalue weighted by Crippen LogP contribution is -2.33. The van der Waals surface area contributed by atoms with Crippen LogP contribution in [0.25, 0.3) is 0 Å². The minimum absolute atomic E-state index is 0.148. The average Bonchev–Trinajstić information content (AvgIpc) is 3.17. The zero-order valence-corrected chi connectivity index (χ0v) is 16.4. The molecule has 0 spiro atoms. The van der Waals surface area contributed by atoms with Gasteiger partial charge in [-0.3, -0.25) is 4.79 Å². The number of rotatable bonds is 3. The van der Waals surface area contributed by atoms with Gasteiger partial charge in [-0.15, -0.1) is 0 Å². The maximum atomic E-state index is 12.8. The number of aromatic nitrogens is 2. The maximum absolute atomic E-state index is 12.8. The number of hydrogen-bond acceptors (Lipinski definition) is 5. The Morgan fingerprint density at radius 2 is 2.15 bits per heavy atom. The first-order valence-corrected chi connectivity index (χ1v) is 9.79. The monoisotopic (exact) mass is 436 g/mol. The molecule has 1 unspecified atom stereocenters. The van der Waals surface area contributed by atoms with E-state index in [1.807, 2.05) is 18.2 Å². The Hall–Kier alpha value is -1.86. The maximum Gasteiger partial charge on any atom is 0.272 e. The molecular weight excluding hydrogens is 420 g/mol. The first kappa shape index (κ1) is 17.5. The van der Waals surface area contributed by atoms with Gasteiger partial charge in [0, 0.05) is 29.5 Å². The first-order valence-electron chi connectivity index (χ1n) is 8.62. The number of carbonyl (C=O) groups is 1. The van der Waals surface area contributed by atoms with Gasteiger partial charge in [0.25, 0.3) is 5.91 Å². The predicted octanol–water partition coefficient (Wildman–Crippen LogP) is 3.75. The van der Waals surface area contributed by atoms with Gasteiger partial charge in [0.15, 0.2) is 5.69 Å². The molecule has 8 heteroatoms. The molecular formula is C18H18BrClN4O2. The van der Waals surface area contributed by atoms with E-state index in [-0.39, 0.29) is 22.7 Å². The van der Waals surface area contributed by atoms with Crippen molar-refractivity contribution in [2.75, 3.05) is 24.6 Å². The second-order valence-corrected chi connectivity index (χ2v) is 7.73. The Labute approximate surface area is 165 Å². The van der Waals surface area contributed by atoms with Crippen molar-refractivity contribution < 1.29 is 9.53 Å². The molecule has 0 bridgehead atoms. The van der Waals surface area contributed by atoms with Gasteiger partial charge < -0.3 is 15.0 Å². The van der Waals surface area contributed by atoms with E-state index in [1.165, 1.54) is 6.20 Å². The molecule has 4 rings (SSSR count). The van der Waals surface area contributed by atoms with Crippen LogP contribution in [0.4, 0.5) is 5.95 Å². The molecule has 0 aliphatic carbocycles. The van der Waals surface area contributed by atoms with E-state index in [0.29, 0.717) is 19.0 Å². The van der Waals surface area contributed by atoms with Gasteiger partial charge in [-0.25, -0.2) is 9.97 Å². The lowest BCUT2D eigenvalue weighted by atomic mass is 10.0. The highest BCUT2D eigenvalue weighted by molar-refractivity contribution is 9.10. The lowest BCUT2D eigenvalue weighted by molar-refractivity contribution is 0.0919. The molecule has 136 valence electrons. The number of ether oxygens (including phenoxy) is 1. The van der Waals surface area contributed by atoms with Crippen molar-refractivity contribution in [3.63, 3.8) is 0 Å². The summed E-state index contributed by atoms with van der Waals surface area (Å²) in [5, 5.41) is 3.30. The molecule has 1 aromatic carbocycles. The van der Waals surface area contributed by atoms with E-state index in [9.17, 15) is 4.79 Å². The van der Waals surface area contributed by atoms with Crippen LogP contribution in [0, 0.1) is 0 Å². The summed E-state index contributed by atoms with van der Waals surface area (Å²) in [7, 11) is 0. The van der Waals surface area contributed by atoms with Gasteiger partial charge in [-0.05, 0) is 31.0 Å². The van der Waals surface area contributed by atoms with Gasteiger partial charge >= 0.3 is 0 Å². The van der Waals surface area contributed by atoms with E-state index in [1.54, 1.807) is 0 Å². The summed E-state index contributed by atoms with van der Waals surface area (Å²) in [4.78, 5) is 23.6. The summed E-state index contributed by atoms with van der Waals surface area (Å²) in [5.74, 6) is 1.05. The fourth-order valence-electron chi connectivity index (χ4n) is 3.33. The second kappa shape index (κ2) is 7.40. The van der Waals surface area contributed by atoms with Crippen LogP contribution in [0.5, 0.6) is 5.75 Å². The largest absolute Gasteiger partial charge is 0.493 e. The quantitative estimate of drug-likeness (QED) is 0.792. The van der Waals surface area contributed by atoms with Crippen molar-refractivity contribution in [2.24, 2.45) is 0 Å². The summed E-state index contributed by atoms with van der Waals surface area (Å²) in [6.45, 7) is 2.37. The summed E-state index contributed by atoms with van der Waals surface area (Å²) in [6, 6.07) is 5.65. The zero-order chi connectivity index (χ0) is 18.1. The third-order valence-corrected chi connectivity index (χ3v) is 5.42. The number of nitrogens with zero attached hydrogens (tertiary/aromatic N) is 3. The molecule has 2 aliphatic heterocycles. The van der Waals surface area contributed by atoms with E-state index < -0.39 is 0 Å². The van der Waals surface area contributed by atoms with Crippen LogP contribution < -0.4 is 15.0 Å². The number of hydrogen-bond donors (Lipinski definition) is 1. The van der Waals surface area contributed by atoms with Crippen molar-refractivity contribution in [3.05, 3.63) is 45.1 Å². The summed E-state index contributed by atoms with van der Waals surface area (Å²) >= 11 is 9.68. The number of nitrogens with one attached hydrogen (secondary N) is 1. The fraction of sp³-hybridized carbons (Fsp3) is 0.389. The molecule has 1 saturated heterocycles. The Balaban J connectivity index is 1.57. The number of fused-ring (bicyclic) bond motifs is 1. The molecule has 3 heterocycles. The molecule has 1 amide bonds. The molecule has 26 heavy (non-hydrogen) atoms. The van der Waals surface area contributed by atoms with Gasteiger partial charge in [0.2, 0.25) is 5.95 Å². The van der Waals surface area contributed by atoms with E-state index in [2.05, 4.69) is 36.1 Å². The summed E-state index contributed by atoms with van der Waals surface area (Å²) in [5.41, 5.74) is 1.16. The van der Waals surface area contributed by atoms with Crippen molar-refractivity contribution in [1.82, 2.24) is 15.3 Å². The predicted molar refractivity (Wildman–Crippen MR) is 103 cm³/mol.